The summed E-state index contributed by atoms with van der Waals surface area (Å²) >= 11 is 0. The van der Waals surface area contributed by atoms with Crippen LogP contribution in [0.5, 0.6) is 0 Å². The van der Waals surface area contributed by atoms with Crippen LogP contribution >= 0.6 is 0 Å². The van der Waals surface area contributed by atoms with E-state index in [9.17, 15) is 18.4 Å². The molecule has 0 atom stereocenters. The van der Waals surface area contributed by atoms with Crippen molar-refractivity contribution in [2.75, 3.05) is 18.0 Å². The molecule has 3 aromatic rings. The monoisotopic (exact) mass is 423 g/mol. The van der Waals surface area contributed by atoms with Crippen molar-refractivity contribution in [3.05, 3.63) is 89.4 Å². The van der Waals surface area contributed by atoms with Crippen molar-refractivity contribution in [1.29, 1.82) is 0 Å². The third-order valence-electron chi connectivity index (χ3n) is 4.90. The van der Waals surface area contributed by atoms with Gasteiger partial charge in [-0.15, -0.1) is 0 Å². The lowest BCUT2D eigenvalue weighted by molar-refractivity contribution is 0.0950. The van der Waals surface area contributed by atoms with E-state index in [1.165, 1.54) is 29.3 Å². The SMILES string of the molecule is O=C(NCc1ccc(F)c(F)c1)c1ccnc(N2CCN(Cc3ccccn3)C2=O)c1. The van der Waals surface area contributed by atoms with E-state index in [0.29, 0.717) is 36.6 Å². The van der Waals surface area contributed by atoms with E-state index in [2.05, 4.69) is 15.3 Å². The number of carbonyl (C=O) groups is 2. The number of urea groups is 1. The van der Waals surface area contributed by atoms with Crippen molar-refractivity contribution in [2.45, 2.75) is 13.1 Å². The Kier molecular flexibility index (Phi) is 5.83. The first-order valence-electron chi connectivity index (χ1n) is 9.66. The minimum atomic E-state index is -0.972. The molecule has 9 heteroatoms. The molecule has 1 saturated heterocycles. The minimum Gasteiger partial charge on any atom is -0.348 e. The molecular formula is C22H19F2N5O2. The summed E-state index contributed by atoms with van der Waals surface area (Å²) in [6.07, 6.45) is 3.13. The Morgan fingerprint density at radius 3 is 2.65 bits per heavy atom. The molecule has 1 aromatic carbocycles. The molecule has 3 heterocycles. The molecule has 2 aromatic heterocycles. The first kappa shape index (κ1) is 20.4. The average Bonchev–Trinajstić information content (AvgIpc) is 3.15. The molecule has 1 fully saturated rings. The predicted molar refractivity (Wildman–Crippen MR) is 109 cm³/mol. The molecule has 1 aliphatic rings. The number of pyridine rings is 2. The van der Waals surface area contributed by atoms with E-state index in [-0.39, 0.29) is 12.6 Å². The van der Waals surface area contributed by atoms with Crippen LogP contribution < -0.4 is 10.2 Å². The van der Waals surface area contributed by atoms with Gasteiger partial charge in [-0.3, -0.25) is 14.7 Å². The highest BCUT2D eigenvalue weighted by Crippen LogP contribution is 2.20. The Hall–Kier alpha value is -3.88. The van der Waals surface area contributed by atoms with Gasteiger partial charge in [0, 0.05) is 37.6 Å². The number of halogens is 2. The number of benzene rings is 1. The molecule has 0 aliphatic carbocycles. The van der Waals surface area contributed by atoms with E-state index in [4.69, 9.17) is 0 Å². The molecule has 4 rings (SSSR count). The molecule has 0 bridgehead atoms. The molecule has 1 N–H and O–H groups in total. The Labute approximate surface area is 177 Å². The number of hydrogen-bond donors (Lipinski definition) is 1. The van der Waals surface area contributed by atoms with Crippen molar-refractivity contribution in [1.82, 2.24) is 20.2 Å². The van der Waals surface area contributed by atoms with Crippen LogP contribution in [0.1, 0.15) is 21.6 Å². The lowest BCUT2D eigenvalue weighted by Gasteiger charge is -2.18. The molecule has 0 spiro atoms. The minimum absolute atomic E-state index is 0.0359. The fourth-order valence-corrected chi connectivity index (χ4v) is 3.27. The summed E-state index contributed by atoms with van der Waals surface area (Å²) < 4.78 is 26.3. The van der Waals surface area contributed by atoms with Crippen LogP contribution in [0.4, 0.5) is 19.4 Å². The lowest BCUT2D eigenvalue weighted by atomic mass is 10.2. The van der Waals surface area contributed by atoms with Crippen molar-refractivity contribution >= 4 is 17.8 Å². The van der Waals surface area contributed by atoms with Gasteiger partial charge in [-0.1, -0.05) is 12.1 Å². The van der Waals surface area contributed by atoms with E-state index >= 15 is 0 Å². The zero-order valence-corrected chi connectivity index (χ0v) is 16.5. The van der Waals surface area contributed by atoms with Crippen LogP contribution in [0.15, 0.2) is 60.9 Å². The fraction of sp³-hybridized carbons (Fsp3) is 0.182. The molecule has 0 saturated carbocycles. The molecule has 3 amide bonds. The van der Waals surface area contributed by atoms with E-state index < -0.39 is 17.5 Å². The van der Waals surface area contributed by atoms with Crippen LogP contribution in [0, 0.1) is 11.6 Å². The number of aromatic nitrogens is 2. The Morgan fingerprint density at radius 2 is 1.87 bits per heavy atom. The van der Waals surface area contributed by atoms with Gasteiger partial charge < -0.3 is 10.2 Å². The summed E-state index contributed by atoms with van der Waals surface area (Å²) in [7, 11) is 0. The highest BCUT2D eigenvalue weighted by Gasteiger charge is 2.30. The maximum atomic E-state index is 13.3. The highest BCUT2D eigenvalue weighted by molar-refractivity contribution is 5.97. The summed E-state index contributed by atoms with van der Waals surface area (Å²) in [5.41, 5.74) is 1.53. The van der Waals surface area contributed by atoms with Crippen molar-refractivity contribution < 1.29 is 18.4 Å². The Bertz CT molecular complexity index is 1110. The molecule has 7 nitrogen and oxygen atoms in total. The van der Waals surface area contributed by atoms with Crippen LogP contribution in [0.3, 0.4) is 0 Å². The maximum absolute atomic E-state index is 13.3. The molecule has 158 valence electrons. The summed E-state index contributed by atoms with van der Waals surface area (Å²) in [6.45, 7) is 1.39. The van der Waals surface area contributed by atoms with Crippen LogP contribution in [-0.2, 0) is 13.1 Å². The van der Waals surface area contributed by atoms with E-state index in [1.807, 2.05) is 18.2 Å². The first-order valence-corrected chi connectivity index (χ1v) is 9.66. The summed E-state index contributed by atoms with van der Waals surface area (Å²) in [6, 6.07) is 11.8. The molecule has 1 aliphatic heterocycles. The van der Waals surface area contributed by atoms with Crippen LogP contribution in [0.2, 0.25) is 0 Å². The van der Waals surface area contributed by atoms with Crippen LogP contribution in [-0.4, -0.2) is 39.9 Å². The zero-order chi connectivity index (χ0) is 21.8. The average molecular weight is 423 g/mol. The van der Waals surface area contributed by atoms with Gasteiger partial charge in [-0.2, -0.15) is 0 Å². The topological polar surface area (TPSA) is 78.4 Å². The second-order valence-electron chi connectivity index (χ2n) is 7.01. The number of hydrogen-bond acceptors (Lipinski definition) is 4. The first-order chi connectivity index (χ1) is 15.0. The standard InChI is InChI=1S/C22H19F2N5O2/c23-18-5-4-15(11-19(18)24)13-27-21(30)16-6-8-26-20(12-16)29-10-9-28(22(29)31)14-17-3-1-2-7-25-17/h1-8,11-12H,9-10,13-14H2,(H,27,30). The van der Waals surface area contributed by atoms with Crippen molar-refractivity contribution in [3.63, 3.8) is 0 Å². The highest BCUT2D eigenvalue weighted by atomic mass is 19.2. The van der Waals surface area contributed by atoms with Gasteiger partial charge in [-0.05, 0) is 42.0 Å². The van der Waals surface area contributed by atoms with Gasteiger partial charge in [0.15, 0.2) is 11.6 Å². The van der Waals surface area contributed by atoms with Crippen molar-refractivity contribution in [3.8, 4) is 0 Å². The van der Waals surface area contributed by atoms with Gasteiger partial charge in [0.05, 0.1) is 12.2 Å². The second-order valence-corrected chi connectivity index (χ2v) is 7.01. The zero-order valence-electron chi connectivity index (χ0n) is 16.5. The number of nitrogens with zero attached hydrogens (tertiary/aromatic N) is 4. The summed E-state index contributed by atoms with van der Waals surface area (Å²) in [4.78, 5) is 36.9. The Balaban J connectivity index is 1.41. The normalized spacial score (nSPS) is 13.5. The smallest absolute Gasteiger partial charge is 0.326 e. The van der Waals surface area contributed by atoms with Crippen molar-refractivity contribution in [2.24, 2.45) is 0 Å². The summed E-state index contributed by atoms with van der Waals surface area (Å²) in [5, 5.41) is 2.65. The fourth-order valence-electron chi connectivity index (χ4n) is 3.27. The number of rotatable bonds is 6. The van der Waals surface area contributed by atoms with Gasteiger partial charge in [0.2, 0.25) is 0 Å². The van der Waals surface area contributed by atoms with Gasteiger partial charge in [-0.25, -0.2) is 18.6 Å². The lowest BCUT2D eigenvalue weighted by Crippen LogP contribution is -2.32. The number of nitrogens with one attached hydrogen (secondary N) is 1. The third-order valence-corrected chi connectivity index (χ3v) is 4.90. The predicted octanol–water partition coefficient (Wildman–Crippen LogP) is 3.13. The van der Waals surface area contributed by atoms with Gasteiger partial charge in [0.25, 0.3) is 5.91 Å². The molecule has 31 heavy (non-hydrogen) atoms. The number of carbonyl (C=O) groups excluding carboxylic acids is 2. The van der Waals surface area contributed by atoms with E-state index in [0.717, 1.165) is 17.8 Å². The number of amides is 3. The van der Waals surface area contributed by atoms with Gasteiger partial charge >= 0.3 is 6.03 Å². The van der Waals surface area contributed by atoms with Crippen LogP contribution in [0.25, 0.3) is 0 Å². The second kappa shape index (κ2) is 8.86. The van der Waals surface area contributed by atoms with Gasteiger partial charge in [0.1, 0.15) is 5.82 Å². The molecular weight excluding hydrogens is 404 g/mol. The largest absolute Gasteiger partial charge is 0.348 e. The summed E-state index contributed by atoms with van der Waals surface area (Å²) in [5.74, 6) is -1.96. The Morgan fingerprint density at radius 1 is 1.00 bits per heavy atom. The molecule has 0 radical (unpaired) electrons. The maximum Gasteiger partial charge on any atom is 0.326 e. The molecule has 0 unspecified atom stereocenters. The quantitative estimate of drug-likeness (QED) is 0.661. The number of anilines is 1. The van der Waals surface area contributed by atoms with E-state index in [1.54, 1.807) is 11.1 Å². The third kappa shape index (κ3) is 4.66.